The molecule has 0 saturated heterocycles. The average molecular weight is 369 g/mol. The van der Waals surface area contributed by atoms with Crippen LogP contribution in [0.1, 0.15) is 49.2 Å². The molecule has 2 rings (SSSR count). The van der Waals surface area contributed by atoms with Crippen LogP contribution < -0.4 is 10.1 Å². The van der Waals surface area contributed by atoms with Crippen LogP contribution in [0.2, 0.25) is 0 Å². The van der Waals surface area contributed by atoms with E-state index in [1.165, 1.54) is 12.7 Å². The summed E-state index contributed by atoms with van der Waals surface area (Å²) in [5.74, 6) is -0.112. The van der Waals surface area contributed by atoms with Gasteiger partial charge in [0.25, 0.3) is 5.91 Å². The molecule has 1 unspecified atom stereocenters. The number of benzene rings is 2. The number of hydrogen-bond acceptors (Lipinski definition) is 4. The molecule has 144 valence electrons. The van der Waals surface area contributed by atoms with Gasteiger partial charge in [0, 0.05) is 5.69 Å². The maximum absolute atomic E-state index is 12.5. The van der Waals surface area contributed by atoms with Gasteiger partial charge in [-0.25, -0.2) is 4.79 Å². The topological polar surface area (TPSA) is 64.6 Å². The normalized spacial score (nSPS) is 12.2. The Hall–Kier alpha value is -2.82. The number of esters is 1. The summed E-state index contributed by atoms with van der Waals surface area (Å²) in [5.41, 5.74) is 3.04. The lowest BCUT2D eigenvalue weighted by atomic mass is 9.87. The number of methoxy groups -OCH3 is 1. The van der Waals surface area contributed by atoms with Crippen LogP contribution in [0.3, 0.4) is 0 Å². The molecule has 0 aromatic heterocycles. The van der Waals surface area contributed by atoms with Crippen molar-refractivity contribution in [3.63, 3.8) is 0 Å². The van der Waals surface area contributed by atoms with Crippen molar-refractivity contribution in [2.45, 2.75) is 46.1 Å². The predicted molar refractivity (Wildman–Crippen MR) is 106 cm³/mol. The first kappa shape index (κ1) is 20.5. The fourth-order valence-corrected chi connectivity index (χ4v) is 2.53. The van der Waals surface area contributed by atoms with Gasteiger partial charge in [-0.3, -0.25) is 4.79 Å². The van der Waals surface area contributed by atoms with Crippen LogP contribution in [0.15, 0.2) is 42.5 Å². The second-order valence-electron chi connectivity index (χ2n) is 7.54. The minimum atomic E-state index is -0.688. The molecule has 0 aliphatic heterocycles. The predicted octanol–water partition coefficient (Wildman–Crippen LogP) is 4.49. The molecule has 2 aromatic carbocycles. The van der Waals surface area contributed by atoms with Crippen molar-refractivity contribution in [1.29, 1.82) is 0 Å². The van der Waals surface area contributed by atoms with Crippen molar-refractivity contribution < 1.29 is 19.1 Å². The van der Waals surface area contributed by atoms with Crippen LogP contribution in [0.25, 0.3) is 0 Å². The van der Waals surface area contributed by atoms with Gasteiger partial charge in [-0.05, 0) is 54.7 Å². The van der Waals surface area contributed by atoms with E-state index in [2.05, 4.69) is 26.1 Å². The maximum atomic E-state index is 12.5. The Morgan fingerprint density at radius 1 is 1.04 bits per heavy atom. The van der Waals surface area contributed by atoms with E-state index >= 15 is 0 Å². The molecule has 2 aromatic rings. The maximum Gasteiger partial charge on any atom is 0.337 e. The first-order valence-corrected chi connectivity index (χ1v) is 8.89. The SMILES string of the molecule is COC(=O)c1ccc(C)c(NC(=O)C(C)Oc2ccc(C(C)(C)C)cc2)c1. The van der Waals surface area contributed by atoms with E-state index in [-0.39, 0.29) is 11.3 Å². The standard InChI is InChI=1S/C22H27NO4/c1-14-7-8-16(21(25)26-6)13-19(14)23-20(24)15(2)27-18-11-9-17(10-12-18)22(3,4)5/h7-13,15H,1-6H3,(H,23,24). The number of rotatable bonds is 5. The van der Waals surface area contributed by atoms with Gasteiger partial charge in [-0.1, -0.05) is 39.0 Å². The fraction of sp³-hybridized carbons (Fsp3) is 0.364. The highest BCUT2D eigenvalue weighted by Gasteiger charge is 2.18. The molecule has 27 heavy (non-hydrogen) atoms. The third-order valence-electron chi connectivity index (χ3n) is 4.32. The van der Waals surface area contributed by atoms with Crippen molar-refractivity contribution in [3.05, 3.63) is 59.2 Å². The highest BCUT2D eigenvalue weighted by molar-refractivity contribution is 5.97. The number of carbonyl (C=O) groups excluding carboxylic acids is 2. The Kier molecular flexibility index (Phi) is 6.26. The number of ether oxygens (including phenoxy) is 2. The third kappa shape index (κ3) is 5.33. The molecule has 0 aliphatic carbocycles. The molecule has 0 fully saturated rings. The molecule has 0 heterocycles. The Balaban J connectivity index is 2.06. The highest BCUT2D eigenvalue weighted by Crippen LogP contribution is 2.25. The van der Waals surface area contributed by atoms with Gasteiger partial charge >= 0.3 is 5.97 Å². The molecule has 5 heteroatoms. The van der Waals surface area contributed by atoms with Gasteiger partial charge in [-0.15, -0.1) is 0 Å². The molecule has 1 amide bonds. The summed E-state index contributed by atoms with van der Waals surface area (Å²) >= 11 is 0. The lowest BCUT2D eigenvalue weighted by Gasteiger charge is -2.20. The molecule has 1 atom stereocenters. The summed E-state index contributed by atoms with van der Waals surface area (Å²) in [6.07, 6.45) is -0.688. The monoisotopic (exact) mass is 369 g/mol. The molecule has 0 spiro atoms. The molecule has 0 saturated carbocycles. The van der Waals surface area contributed by atoms with Crippen molar-refractivity contribution in [3.8, 4) is 5.75 Å². The largest absolute Gasteiger partial charge is 0.481 e. The Bertz CT molecular complexity index is 819. The van der Waals surface area contributed by atoms with E-state index in [4.69, 9.17) is 9.47 Å². The van der Waals surface area contributed by atoms with Gasteiger partial charge in [0.05, 0.1) is 12.7 Å². The summed E-state index contributed by atoms with van der Waals surface area (Å²) in [6.45, 7) is 9.97. The molecular formula is C22H27NO4. The van der Waals surface area contributed by atoms with E-state index in [0.717, 1.165) is 5.56 Å². The number of nitrogens with one attached hydrogen (secondary N) is 1. The third-order valence-corrected chi connectivity index (χ3v) is 4.32. The van der Waals surface area contributed by atoms with Gasteiger partial charge in [-0.2, -0.15) is 0 Å². The molecule has 0 bridgehead atoms. The van der Waals surface area contributed by atoms with Crippen LogP contribution in [-0.4, -0.2) is 25.1 Å². The van der Waals surface area contributed by atoms with Crippen LogP contribution in [-0.2, 0) is 14.9 Å². The second kappa shape index (κ2) is 8.25. The van der Waals surface area contributed by atoms with Crippen molar-refractivity contribution in [2.24, 2.45) is 0 Å². The molecule has 0 radical (unpaired) electrons. The smallest absolute Gasteiger partial charge is 0.337 e. The molecule has 0 aliphatic rings. The first-order chi connectivity index (χ1) is 12.6. The van der Waals surface area contributed by atoms with Gasteiger partial charge < -0.3 is 14.8 Å². The second-order valence-corrected chi connectivity index (χ2v) is 7.54. The van der Waals surface area contributed by atoms with Gasteiger partial charge in [0.2, 0.25) is 0 Å². The minimum absolute atomic E-state index is 0.0592. The van der Waals surface area contributed by atoms with Gasteiger partial charge in [0.15, 0.2) is 6.10 Å². The van der Waals surface area contributed by atoms with Crippen molar-refractivity contribution >= 4 is 17.6 Å². The van der Waals surface area contributed by atoms with Crippen LogP contribution in [0.4, 0.5) is 5.69 Å². The zero-order chi connectivity index (χ0) is 20.2. The zero-order valence-corrected chi connectivity index (χ0v) is 16.8. The van der Waals surface area contributed by atoms with E-state index in [0.29, 0.717) is 17.0 Å². The fourth-order valence-electron chi connectivity index (χ4n) is 2.53. The van der Waals surface area contributed by atoms with Gasteiger partial charge in [0.1, 0.15) is 5.75 Å². The summed E-state index contributed by atoms with van der Waals surface area (Å²) in [7, 11) is 1.32. The van der Waals surface area contributed by atoms with Crippen molar-refractivity contribution in [1.82, 2.24) is 0 Å². The minimum Gasteiger partial charge on any atom is -0.481 e. The average Bonchev–Trinajstić information content (AvgIpc) is 2.62. The van der Waals surface area contributed by atoms with E-state index in [9.17, 15) is 9.59 Å². The summed E-state index contributed by atoms with van der Waals surface area (Å²) in [5, 5.41) is 2.81. The van der Waals surface area contributed by atoms with Crippen LogP contribution in [0.5, 0.6) is 5.75 Å². The number of amides is 1. The quantitative estimate of drug-likeness (QED) is 0.789. The van der Waals surface area contributed by atoms with Crippen LogP contribution in [0, 0.1) is 6.92 Å². The number of carbonyl (C=O) groups is 2. The van der Waals surface area contributed by atoms with Crippen molar-refractivity contribution in [2.75, 3.05) is 12.4 Å². The zero-order valence-electron chi connectivity index (χ0n) is 16.8. The van der Waals surface area contributed by atoms with Crippen LogP contribution >= 0.6 is 0 Å². The number of hydrogen-bond donors (Lipinski definition) is 1. The Morgan fingerprint density at radius 3 is 2.22 bits per heavy atom. The Labute approximate surface area is 160 Å². The Morgan fingerprint density at radius 2 is 1.67 bits per heavy atom. The molecule has 1 N–H and O–H groups in total. The molecular weight excluding hydrogens is 342 g/mol. The van der Waals surface area contributed by atoms with E-state index in [1.54, 1.807) is 25.1 Å². The summed E-state index contributed by atoms with van der Waals surface area (Å²) < 4.78 is 10.5. The summed E-state index contributed by atoms with van der Waals surface area (Å²) in [4.78, 5) is 24.2. The lowest BCUT2D eigenvalue weighted by molar-refractivity contribution is -0.122. The number of anilines is 1. The van der Waals surface area contributed by atoms with E-state index in [1.807, 2.05) is 31.2 Å². The van der Waals surface area contributed by atoms with E-state index < -0.39 is 12.1 Å². The first-order valence-electron chi connectivity index (χ1n) is 8.89. The molecule has 5 nitrogen and oxygen atoms in total. The highest BCUT2D eigenvalue weighted by atomic mass is 16.5. The number of aryl methyl sites for hydroxylation is 1. The lowest BCUT2D eigenvalue weighted by Crippen LogP contribution is -2.30. The summed E-state index contributed by atoms with van der Waals surface area (Å²) in [6, 6.07) is 12.8.